The first-order valence-corrected chi connectivity index (χ1v) is 8.20. The Bertz CT molecular complexity index is 525. The molecule has 0 saturated heterocycles. The van der Waals surface area contributed by atoms with Gasteiger partial charge in [-0.2, -0.15) is 0 Å². The standard InChI is InChI=1S/C18H25NO4/c1-18(12-16(20)21,15-10-6-3-7-11-15)19-17(22)23-13-14-8-4-2-5-9-14/h2,4-5,8-9,15H,3,6-7,10-13H2,1H3,(H,19,22)(H,20,21). The zero-order valence-electron chi connectivity index (χ0n) is 13.6. The maximum atomic E-state index is 12.1. The quantitative estimate of drug-likeness (QED) is 0.838. The third-order valence-corrected chi connectivity index (χ3v) is 4.63. The van der Waals surface area contributed by atoms with Crippen LogP contribution in [0.5, 0.6) is 0 Å². The Kier molecular flexibility index (Phi) is 6.02. The summed E-state index contributed by atoms with van der Waals surface area (Å²) in [7, 11) is 0. The topological polar surface area (TPSA) is 75.6 Å². The number of rotatable bonds is 6. The molecule has 1 unspecified atom stereocenters. The molecule has 2 rings (SSSR count). The summed E-state index contributed by atoms with van der Waals surface area (Å²) in [5.74, 6) is -0.724. The average molecular weight is 319 g/mol. The Morgan fingerprint density at radius 1 is 1.22 bits per heavy atom. The largest absolute Gasteiger partial charge is 0.481 e. The summed E-state index contributed by atoms with van der Waals surface area (Å²) < 4.78 is 5.25. The fraction of sp³-hybridized carbons (Fsp3) is 0.556. The molecular weight excluding hydrogens is 294 g/mol. The maximum Gasteiger partial charge on any atom is 0.407 e. The fourth-order valence-electron chi connectivity index (χ4n) is 3.34. The van der Waals surface area contributed by atoms with Crippen LogP contribution in [-0.2, 0) is 16.1 Å². The highest BCUT2D eigenvalue weighted by Crippen LogP contribution is 2.34. The van der Waals surface area contributed by atoms with E-state index in [1.54, 1.807) is 0 Å². The maximum absolute atomic E-state index is 12.1. The molecule has 0 aliphatic heterocycles. The number of carboxylic acid groups (broad SMARTS) is 1. The number of hydrogen-bond acceptors (Lipinski definition) is 3. The lowest BCUT2D eigenvalue weighted by Crippen LogP contribution is -2.53. The highest BCUT2D eigenvalue weighted by atomic mass is 16.5. The van der Waals surface area contributed by atoms with Crippen molar-refractivity contribution in [3.63, 3.8) is 0 Å². The molecule has 1 atom stereocenters. The number of carbonyl (C=O) groups is 2. The summed E-state index contributed by atoms with van der Waals surface area (Å²) in [6, 6.07) is 9.42. The van der Waals surface area contributed by atoms with Crippen molar-refractivity contribution in [2.75, 3.05) is 0 Å². The number of aliphatic carboxylic acids is 1. The van der Waals surface area contributed by atoms with Gasteiger partial charge < -0.3 is 15.2 Å². The van der Waals surface area contributed by atoms with Crippen LogP contribution in [0.4, 0.5) is 4.79 Å². The minimum atomic E-state index is -0.901. The summed E-state index contributed by atoms with van der Waals surface area (Å²) in [6.45, 7) is 2.00. The van der Waals surface area contributed by atoms with E-state index in [1.807, 2.05) is 37.3 Å². The third-order valence-electron chi connectivity index (χ3n) is 4.63. The molecule has 2 N–H and O–H groups in total. The van der Waals surface area contributed by atoms with Gasteiger partial charge in [0.05, 0.1) is 12.0 Å². The lowest BCUT2D eigenvalue weighted by atomic mass is 9.74. The van der Waals surface area contributed by atoms with Crippen LogP contribution in [0.25, 0.3) is 0 Å². The molecule has 126 valence electrons. The second-order valence-electron chi connectivity index (χ2n) is 6.51. The normalized spacial score (nSPS) is 18.0. The molecule has 1 aromatic rings. The van der Waals surface area contributed by atoms with Crippen LogP contribution in [0, 0.1) is 5.92 Å². The van der Waals surface area contributed by atoms with E-state index in [2.05, 4.69) is 5.32 Å². The van der Waals surface area contributed by atoms with Gasteiger partial charge in [-0.3, -0.25) is 4.79 Å². The molecule has 1 aromatic carbocycles. The molecule has 0 bridgehead atoms. The Labute approximate surface area is 137 Å². The van der Waals surface area contributed by atoms with Crippen LogP contribution < -0.4 is 5.32 Å². The zero-order chi connectivity index (χ0) is 16.7. The average Bonchev–Trinajstić information content (AvgIpc) is 2.54. The molecular formula is C18H25NO4. The Morgan fingerprint density at radius 3 is 2.48 bits per heavy atom. The van der Waals surface area contributed by atoms with Crippen molar-refractivity contribution in [2.24, 2.45) is 5.92 Å². The molecule has 5 nitrogen and oxygen atoms in total. The number of carbonyl (C=O) groups excluding carboxylic acids is 1. The minimum Gasteiger partial charge on any atom is -0.481 e. The molecule has 1 aliphatic carbocycles. The van der Waals surface area contributed by atoms with Gasteiger partial charge in [-0.25, -0.2) is 4.79 Å². The van der Waals surface area contributed by atoms with Crippen molar-refractivity contribution in [3.05, 3.63) is 35.9 Å². The van der Waals surface area contributed by atoms with E-state index in [1.165, 1.54) is 6.42 Å². The predicted molar refractivity (Wildman–Crippen MR) is 87.0 cm³/mol. The van der Waals surface area contributed by atoms with Crippen LogP contribution in [0.2, 0.25) is 0 Å². The second kappa shape index (κ2) is 7.99. The predicted octanol–water partition coefficient (Wildman–Crippen LogP) is 3.73. The number of carboxylic acids is 1. The molecule has 0 heterocycles. The van der Waals surface area contributed by atoms with Gasteiger partial charge in [0.1, 0.15) is 6.61 Å². The summed E-state index contributed by atoms with van der Waals surface area (Å²) >= 11 is 0. The molecule has 1 saturated carbocycles. The molecule has 1 amide bonds. The van der Waals surface area contributed by atoms with Gasteiger partial charge in [-0.1, -0.05) is 49.6 Å². The summed E-state index contributed by atoms with van der Waals surface area (Å²) in [6.07, 6.45) is 4.60. The van der Waals surface area contributed by atoms with Crippen LogP contribution in [0.15, 0.2) is 30.3 Å². The Hall–Kier alpha value is -2.04. The Morgan fingerprint density at radius 2 is 1.87 bits per heavy atom. The van der Waals surface area contributed by atoms with Crippen molar-refractivity contribution in [3.8, 4) is 0 Å². The van der Waals surface area contributed by atoms with E-state index in [0.717, 1.165) is 31.2 Å². The first kappa shape index (κ1) is 17.3. The molecule has 5 heteroatoms. The van der Waals surface area contributed by atoms with Crippen molar-refractivity contribution in [1.82, 2.24) is 5.32 Å². The van der Waals surface area contributed by atoms with Gasteiger partial charge in [-0.05, 0) is 31.2 Å². The number of nitrogens with one attached hydrogen (secondary N) is 1. The van der Waals surface area contributed by atoms with Crippen LogP contribution in [0.1, 0.15) is 51.0 Å². The van der Waals surface area contributed by atoms with Crippen molar-refractivity contribution < 1.29 is 19.4 Å². The summed E-state index contributed by atoms with van der Waals surface area (Å²) in [4.78, 5) is 23.4. The van der Waals surface area contributed by atoms with E-state index in [4.69, 9.17) is 4.74 Å². The van der Waals surface area contributed by atoms with E-state index in [9.17, 15) is 14.7 Å². The van der Waals surface area contributed by atoms with Crippen LogP contribution >= 0.6 is 0 Å². The van der Waals surface area contributed by atoms with E-state index in [0.29, 0.717) is 0 Å². The van der Waals surface area contributed by atoms with Crippen LogP contribution in [0.3, 0.4) is 0 Å². The van der Waals surface area contributed by atoms with Gasteiger partial charge >= 0.3 is 12.1 Å². The molecule has 1 aliphatic rings. The zero-order valence-corrected chi connectivity index (χ0v) is 13.6. The SMILES string of the molecule is CC(CC(=O)O)(NC(=O)OCc1ccccc1)C1CCCCC1. The van der Waals surface area contributed by atoms with Gasteiger partial charge in [0, 0.05) is 0 Å². The fourth-order valence-corrected chi connectivity index (χ4v) is 3.34. The lowest BCUT2D eigenvalue weighted by molar-refractivity contribution is -0.139. The van der Waals surface area contributed by atoms with Gasteiger partial charge in [0.25, 0.3) is 0 Å². The van der Waals surface area contributed by atoms with E-state index < -0.39 is 17.6 Å². The number of hydrogen-bond donors (Lipinski definition) is 2. The van der Waals surface area contributed by atoms with Crippen LogP contribution in [-0.4, -0.2) is 22.7 Å². The molecule has 0 aromatic heterocycles. The first-order chi connectivity index (χ1) is 11.0. The lowest BCUT2D eigenvalue weighted by Gasteiger charge is -2.39. The highest BCUT2D eigenvalue weighted by molar-refractivity contribution is 5.72. The van der Waals surface area contributed by atoms with Gasteiger partial charge in [-0.15, -0.1) is 0 Å². The van der Waals surface area contributed by atoms with Crippen molar-refractivity contribution in [1.29, 1.82) is 0 Å². The monoisotopic (exact) mass is 319 g/mol. The second-order valence-corrected chi connectivity index (χ2v) is 6.51. The first-order valence-electron chi connectivity index (χ1n) is 8.20. The van der Waals surface area contributed by atoms with E-state index >= 15 is 0 Å². The number of amides is 1. The molecule has 23 heavy (non-hydrogen) atoms. The number of alkyl carbamates (subject to hydrolysis) is 1. The number of benzene rings is 1. The van der Waals surface area contributed by atoms with E-state index in [-0.39, 0.29) is 18.9 Å². The smallest absolute Gasteiger partial charge is 0.407 e. The van der Waals surface area contributed by atoms with Gasteiger partial charge in [0.15, 0.2) is 0 Å². The Balaban J connectivity index is 1.95. The minimum absolute atomic E-state index is 0.0852. The molecule has 0 radical (unpaired) electrons. The van der Waals surface area contributed by atoms with Crippen molar-refractivity contribution >= 4 is 12.1 Å². The third kappa shape index (κ3) is 5.27. The van der Waals surface area contributed by atoms with Crippen molar-refractivity contribution in [2.45, 2.75) is 57.6 Å². The number of ether oxygens (including phenoxy) is 1. The molecule has 0 spiro atoms. The highest BCUT2D eigenvalue weighted by Gasteiger charge is 2.38. The summed E-state index contributed by atoms with van der Waals surface area (Å²) in [5.41, 5.74) is 0.139. The van der Waals surface area contributed by atoms with Gasteiger partial charge in [0.2, 0.25) is 0 Å². The molecule has 1 fully saturated rings. The summed E-state index contributed by atoms with van der Waals surface area (Å²) in [5, 5.41) is 12.0.